The number of allylic oxidation sites excluding steroid dienone is 4. The number of ketones is 1. The normalized spacial score (nSPS) is 32.7. The Hall–Kier alpha value is -2.48. The van der Waals surface area contributed by atoms with Gasteiger partial charge in [0.15, 0.2) is 0 Å². The zero-order valence-electron chi connectivity index (χ0n) is 21.6. The van der Waals surface area contributed by atoms with Gasteiger partial charge in [-0.05, 0) is 72.8 Å². The zero-order chi connectivity index (χ0) is 30.4. The summed E-state index contributed by atoms with van der Waals surface area (Å²) in [6.07, 6.45) is -4.45. The van der Waals surface area contributed by atoms with Crippen molar-refractivity contribution in [3.8, 4) is 5.75 Å². The highest BCUT2D eigenvalue weighted by Gasteiger charge is 2.79. The summed E-state index contributed by atoms with van der Waals surface area (Å²) in [4.78, 5) is 12.1. The summed E-state index contributed by atoms with van der Waals surface area (Å²) in [5.74, 6) is -8.19. The molecule has 3 saturated carbocycles. The number of hydrogen-bond acceptors (Lipinski definition) is 5. The lowest BCUT2D eigenvalue weighted by molar-refractivity contribution is -0.362. The fraction of sp³-hybridized carbons (Fsp3) is 0.593. The SMILES string of the molecule is C[C@]12C[C@H](c3ccc(OS(=O)(=O)C(F)(F)F)cc3)C3=C4CCC(=O)CC4=CC[C@H]3[C@@H]1CC[C@@]2(O)C(F)(F)C(F)(F)F. The van der Waals surface area contributed by atoms with E-state index in [1.807, 2.05) is 6.08 Å². The van der Waals surface area contributed by atoms with Crippen LogP contribution in [0, 0.1) is 17.3 Å². The Morgan fingerprint density at radius 1 is 1.00 bits per heavy atom. The number of Topliss-reactive ketones (excluding diaryl/α,β-unsaturated/α-hetero) is 1. The quantitative estimate of drug-likeness (QED) is 0.231. The van der Waals surface area contributed by atoms with Crippen molar-refractivity contribution in [3.05, 3.63) is 52.6 Å². The fourth-order valence-electron chi connectivity index (χ4n) is 7.58. The number of benzene rings is 1. The van der Waals surface area contributed by atoms with Crippen LogP contribution in [-0.4, -0.2) is 42.5 Å². The van der Waals surface area contributed by atoms with Gasteiger partial charge in [0, 0.05) is 24.2 Å². The van der Waals surface area contributed by atoms with Gasteiger partial charge in [-0.2, -0.15) is 43.5 Å². The van der Waals surface area contributed by atoms with Gasteiger partial charge in [0.2, 0.25) is 0 Å². The molecule has 1 N–H and O–H groups in total. The number of aliphatic hydroxyl groups is 1. The van der Waals surface area contributed by atoms with Crippen LogP contribution in [0.2, 0.25) is 0 Å². The van der Waals surface area contributed by atoms with Crippen molar-refractivity contribution in [1.29, 1.82) is 0 Å². The topological polar surface area (TPSA) is 80.7 Å². The van der Waals surface area contributed by atoms with Gasteiger partial charge in [-0.25, -0.2) is 0 Å². The molecule has 0 heterocycles. The van der Waals surface area contributed by atoms with Gasteiger partial charge in [-0.15, -0.1) is 0 Å². The van der Waals surface area contributed by atoms with Crippen LogP contribution >= 0.6 is 0 Å². The number of halogens is 8. The van der Waals surface area contributed by atoms with Crippen LogP contribution in [0.1, 0.15) is 63.4 Å². The molecule has 14 heteroatoms. The molecule has 0 spiro atoms. The molecule has 0 amide bonds. The second-order valence-electron chi connectivity index (χ2n) is 11.5. The molecular formula is C27H26F8O5S. The molecule has 226 valence electrons. The maximum atomic E-state index is 15.0. The first-order chi connectivity index (χ1) is 18.7. The summed E-state index contributed by atoms with van der Waals surface area (Å²) in [7, 11) is -5.97. The number of alkyl halides is 8. The van der Waals surface area contributed by atoms with Crippen molar-refractivity contribution in [3.63, 3.8) is 0 Å². The summed E-state index contributed by atoms with van der Waals surface area (Å²) >= 11 is 0. The Bertz CT molecular complexity index is 1430. The third kappa shape index (κ3) is 4.42. The van der Waals surface area contributed by atoms with E-state index in [-0.39, 0.29) is 37.9 Å². The highest BCUT2D eigenvalue weighted by molar-refractivity contribution is 7.88. The summed E-state index contributed by atoms with van der Waals surface area (Å²) in [6, 6.07) is 4.37. The van der Waals surface area contributed by atoms with E-state index in [0.29, 0.717) is 12.0 Å². The molecule has 0 aromatic heterocycles. The summed E-state index contributed by atoms with van der Waals surface area (Å²) in [5, 5.41) is 11.2. The molecule has 5 atom stereocenters. The first kappa shape index (κ1) is 30.0. The van der Waals surface area contributed by atoms with E-state index in [1.165, 1.54) is 19.1 Å². The first-order valence-corrected chi connectivity index (χ1v) is 14.4. The predicted octanol–water partition coefficient (Wildman–Crippen LogP) is 6.74. The minimum atomic E-state index is -6.01. The van der Waals surface area contributed by atoms with E-state index in [2.05, 4.69) is 4.18 Å². The zero-order valence-corrected chi connectivity index (χ0v) is 22.4. The fourth-order valence-corrected chi connectivity index (χ4v) is 8.04. The first-order valence-electron chi connectivity index (χ1n) is 13.0. The van der Waals surface area contributed by atoms with E-state index >= 15 is 8.78 Å². The van der Waals surface area contributed by atoms with E-state index < -0.39 is 68.7 Å². The maximum Gasteiger partial charge on any atom is 0.534 e. The lowest BCUT2D eigenvalue weighted by Gasteiger charge is -2.55. The molecule has 0 aliphatic heterocycles. The molecule has 5 rings (SSSR count). The van der Waals surface area contributed by atoms with Crippen LogP contribution in [0.25, 0.3) is 0 Å². The van der Waals surface area contributed by atoms with Gasteiger partial charge in [-0.3, -0.25) is 4.79 Å². The van der Waals surface area contributed by atoms with Crippen LogP contribution < -0.4 is 4.18 Å². The molecule has 4 aliphatic rings. The van der Waals surface area contributed by atoms with Crippen molar-refractivity contribution >= 4 is 15.9 Å². The van der Waals surface area contributed by atoms with E-state index in [4.69, 9.17) is 0 Å². The Balaban J connectivity index is 1.61. The summed E-state index contributed by atoms with van der Waals surface area (Å²) < 4.78 is 136. The third-order valence-corrected chi connectivity index (χ3v) is 10.5. The molecular weight excluding hydrogens is 588 g/mol. The highest BCUT2D eigenvalue weighted by Crippen LogP contribution is 2.70. The molecule has 3 fully saturated rings. The van der Waals surface area contributed by atoms with Crippen LogP contribution in [0.4, 0.5) is 35.1 Å². The Morgan fingerprint density at radius 2 is 1.63 bits per heavy atom. The highest BCUT2D eigenvalue weighted by atomic mass is 32.2. The molecule has 1 aromatic rings. The number of hydrogen-bond donors (Lipinski definition) is 1. The van der Waals surface area contributed by atoms with Crippen molar-refractivity contribution in [2.24, 2.45) is 17.3 Å². The molecule has 0 bridgehead atoms. The molecule has 41 heavy (non-hydrogen) atoms. The summed E-state index contributed by atoms with van der Waals surface area (Å²) in [6.45, 7) is 1.23. The molecule has 0 saturated heterocycles. The lowest BCUT2D eigenvalue weighted by Crippen LogP contribution is -2.65. The Labute approximate surface area is 230 Å². The van der Waals surface area contributed by atoms with Crippen LogP contribution in [0.15, 0.2) is 47.1 Å². The second kappa shape index (κ2) is 9.26. The summed E-state index contributed by atoms with van der Waals surface area (Å²) in [5.41, 5.74) is -8.38. The molecule has 0 unspecified atom stereocenters. The minimum Gasteiger partial charge on any atom is -0.383 e. The number of fused-ring (bicyclic) bond motifs is 4. The van der Waals surface area contributed by atoms with E-state index in [0.717, 1.165) is 28.9 Å². The molecule has 0 radical (unpaired) electrons. The van der Waals surface area contributed by atoms with Crippen LogP contribution in [-0.2, 0) is 14.9 Å². The number of carbonyl (C=O) groups is 1. The van der Waals surface area contributed by atoms with Gasteiger partial charge in [0.25, 0.3) is 0 Å². The predicted molar refractivity (Wildman–Crippen MR) is 128 cm³/mol. The monoisotopic (exact) mass is 614 g/mol. The molecule has 1 aromatic carbocycles. The standard InChI is InChI=1S/C27H26F8O5S/c1-23-13-20(14-2-6-17(7-3-14)40-41(38,39)27(33,34)35)22-18-9-5-16(36)12-15(18)4-8-19(22)21(23)10-11-24(23,37)25(28,29)26(30,31)32/h2-4,6-7,19-21,37H,5,8-13H2,1H3/t19-,20+,21-,23-,24-/m0/s1. The number of rotatable bonds is 4. The third-order valence-electron chi connectivity index (χ3n) is 9.51. The minimum absolute atomic E-state index is 0.00341. The van der Waals surface area contributed by atoms with Crippen LogP contribution in [0.5, 0.6) is 5.75 Å². The van der Waals surface area contributed by atoms with Crippen molar-refractivity contribution < 1.29 is 57.6 Å². The van der Waals surface area contributed by atoms with Crippen molar-refractivity contribution in [1.82, 2.24) is 0 Å². The maximum absolute atomic E-state index is 15.0. The average molecular weight is 615 g/mol. The van der Waals surface area contributed by atoms with Gasteiger partial charge >= 0.3 is 27.7 Å². The van der Waals surface area contributed by atoms with Gasteiger partial charge < -0.3 is 9.29 Å². The Kier molecular flexibility index (Phi) is 6.77. The second-order valence-corrected chi connectivity index (χ2v) is 13.1. The molecule has 5 nitrogen and oxygen atoms in total. The average Bonchev–Trinajstić information content (AvgIpc) is 3.14. The largest absolute Gasteiger partial charge is 0.534 e. The van der Waals surface area contributed by atoms with Gasteiger partial charge in [0.1, 0.15) is 17.1 Å². The van der Waals surface area contributed by atoms with Crippen molar-refractivity contribution in [2.75, 3.05) is 0 Å². The van der Waals surface area contributed by atoms with E-state index in [9.17, 15) is 44.7 Å². The van der Waals surface area contributed by atoms with Crippen LogP contribution in [0.3, 0.4) is 0 Å². The van der Waals surface area contributed by atoms with Gasteiger partial charge in [-0.1, -0.05) is 30.7 Å². The lowest BCUT2D eigenvalue weighted by atomic mass is 9.51. The molecule has 4 aliphatic carbocycles. The van der Waals surface area contributed by atoms with E-state index in [1.54, 1.807) is 0 Å². The number of carbonyl (C=O) groups excluding carboxylic acids is 1. The van der Waals surface area contributed by atoms with Gasteiger partial charge in [0.05, 0.1) is 0 Å². The van der Waals surface area contributed by atoms with Crippen molar-refractivity contribution in [2.45, 2.75) is 81.0 Å². The Morgan fingerprint density at radius 3 is 2.22 bits per heavy atom. The smallest absolute Gasteiger partial charge is 0.383 e.